The van der Waals surface area contributed by atoms with Crippen LogP contribution >= 0.6 is 0 Å². The van der Waals surface area contributed by atoms with Crippen molar-refractivity contribution in [3.63, 3.8) is 0 Å². The first-order chi connectivity index (χ1) is 7.54. The van der Waals surface area contributed by atoms with Crippen molar-refractivity contribution in [3.8, 4) is 0 Å². The molecular formula is C9H13N3O4. The molecule has 88 valence electrons. The molecule has 16 heavy (non-hydrogen) atoms. The van der Waals surface area contributed by atoms with Gasteiger partial charge in [-0.1, -0.05) is 0 Å². The first-order valence-electron chi connectivity index (χ1n) is 4.70. The number of carbonyl (C=O) groups is 1. The molecule has 0 bridgehead atoms. The van der Waals surface area contributed by atoms with E-state index < -0.39 is 4.92 Å². The lowest BCUT2D eigenvalue weighted by Gasteiger charge is -2.12. The van der Waals surface area contributed by atoms with E-state index in [2.05, 4.69) is 4.98 Å². The summed E-state index contributed by atoms with van der Waals surface area (Å²) in [5.74, 6) is -0.246. The summed E-state index contributed by atoms with van der Waals surface area (Å²) in [6.07, 6.45) is 1.18. The maximum absolute atomic E-state index is 11.6. The zero-order valence-corrected chi connectivity index (χ0v) is 8.84. The highest BCUT2D eigenvalue weighted by Crippen LogP contribution is 2.12. The summed E-state index contributed by atoms with van der Waals surface area (Å²) in [5, 5.41) is 19.0. The molecule has 0 unspecified atom stereocenters. The number of likely N-dealkylation sites (N-methyl/N-ethyl adjacent to an activating group) is 1. The Kier molecular flexibility index (Phi) is 4.15. The molecule has 0 radical (unpaired) electrons. The van der Waals surface area contributed by atoms with E-state index in [9.17, 15) is 14.9 Å². The number of aliphatic hydroxyl groups excluding tert-OH is 1. The van der Waals surface area contributed by atoms with Crippen molar-refractivity contribution >= 4 is 11.5 Å². The van der Waals surface area contributed by atoms with Crippen LogP contribution in [0.4, 0.5) is 5.69 Å². The lowest BCUT2D eigenvalue weighted by atomic mass is 10.2. The van der Waals surface area contributed by atoms with Gasteiger partial charge in [-0.25, -0.2) is 0 Å². The van der Waals surface area contributed by atoms with E-state index in [1.54, 1.807) is 11.9 Å². The maximum Gasteiger partial charge on any atom is 0.287 e. The highest BCUT2D eigenvalue weighted by Gasteiger charge is 2.15. The third kappa shape index (κ3) is 3.14. The minimum atomic E-state index is -0.565. The van der Waals surface area contributed by atoms with Crippen LogP contribution in [-0.2, 0) is 0 Å². The van der Waals surface area contributed by atoms with Gasteiger partial charge >= 0.3 is 0 Å². The van der Waals surface area contributed by atoms with Crippen LogP contribution in [0.15, 0.2) is 12.3 Å². The Morgan fingerprint density at radius 2 is 2.38 bits per heavy atom. The molecule has 0 spiro atoms. The average Bonchev–Trinajstić information content (AvgIpc) is 2.66. The topological polar surface area (TPSA) is 99.5 Å². The summed E-state index contributed by atoms with van der Waals surface area (Å²) in [7, 11) is 1.69. The maximum atomic E-state index is 11.6. The van der Waals surface area contributed by atoms with Gasteiger partial charge in [0.1, 0.15) is 0 Å². The quantitative estimate of drug-likeness (QED) is 0.405. The highest BCUT2D eigenvalue weighted by molar-refractivity contribution is 5.96. The van der Waals surface area contributed by atoms with E-state index in [1.807, 2.05) is 0 Å². The molecule has 0 fully saturated rings. The number of nitro groups is 1. The van der Waals surface area contributed by atoms with E-state index in [1.165, 1.54) is 12.3 Å². The predicted molar refractivity (Wildman–Crippen MR) is 56.4 cm³/mol. The molecule has 7 heteroatoms. The Hall–Kier alpha value is -1.73. The van der Waals surface area contributed by atoms with Gasteiger partial charge in [-0.3, -0.25) is 19.8 Å². The molecule has 0 aliphatic carbocycles. The number of H-pyrrole nitrogens is 1. The molecule has 2 N–H and O–H groups in total. The van der Waals surface area contributed by atoms with Crippen LogP contribution in [0.5, 0.6) is 0 Å². The number of hydrogen-bond donors (Lipinski definition) is 2. The van der Waals surface area contributed by atoms with Crippen molar-refractivity contribution in [1.82, 2.24) is 9.88 Å². The lowest BCUT2D eigenvalue weighted by molar-refractivity contribution is -0.384. The SMILES string of the molecule is CN(CCO)CC(=O)c1cc([N+](=O)[O-])c[nH]1. The Bertz CT molecular complexity index is 388. The minimum absolute atomic E-state index is 0.0331. The smallest absolute Gasteiger partial charge is 0.287 e. The van der Waals surface area contributed by atoms with Crippen molar-refractivity contribution in [1.29, 1.82) is 0 Å². The van der Waals surface area contributed by atoms with Crippen molar-refractivity contribution in [3.05, 3.63) is 28.1 Å². The van der Waals surface area contributed by atoms with Gasteiger partial charge in [0.15, 0.2) is 5.78 Å². The van der Waals surface area contributed by atoms with Gasteiger partial charge in [0.2, 0.25) is 0 Å². The van der Waals surface area contributed by atoms with E-state index in [0.717, 1.165) is 0 Å². The molecular weight excluding hydrogens is 214 g/mol. The molecule has 0 aliphatic rings. The van der Waals surface area contributed by atoms with Crippen molar-refractivity contribution in [2.45, 2.75) is 0 Å². The third-order valence-corrected chi connectivity index (χ3v) is 2.07. The number of nitrogens with one attached hydrogen (secondary N) is 1. The Morgan fingerprint density at radius 1 is 1.69 bits per heavy atom. The Balaban J connectivity index is 2.62. The standard InChI is InChI=1S/C9H13N3O4/c1-11(2-3-13)6-9(14)8-4-7(5-10-8)12(15)16/h4-5,10,13H,2-3,6H2,1H3. The second-order valence-electron chi connectivity index (χ2n) is 3.41. The second-order valence-corrected chi connectivity index (χ2v) is 3.41. The third-order valence-electron chi connectivity index (χ3n) is 2.07. The summed E-state index contributed by atoms with van der Waals surface area (Å²) in [6, 6.07) is 1.20. The summed E-state index contributed by atoms with van der Waals surface area (Å²) >= 11 is 0. The molecule has 0 atom stereocenters. The van der Waals surface area contributed by atoms with Crippen molar-refractivity contribution < 1.29 is 14.8 Å². The van der Waals surface area contributed by atoms with Gasteiger partial charge < -0.3 is 10.1 Å². The predicted octanol–water partition coefficient (Wildman–Crippen LogP) is 0.0297. The minimum Gasteiger partial charge on any atom is -0.395 e. The van der Waals surface area contributed by atoms with Crippen molar-refractivity contribution in [2.24, 2.45) is 0 Å². The van der Waals surface area contributed by atoms with E-state index in [0.29, 0.717) is 6.54 Å². The summed E-state index contributed by atoms with van der Waals surface area (Å²) in [4.78, 5) is 25.6. The van der Waals surface area contributed by atoms with Crippen LogP contribution in [-0.4, -0.2) is 52.4 Å². The fourth-order valence-corrected chi connectivity index (χ4v) is 1.23. The van der Waals surface area contributed by atoms with Crippen LogP contribution < -0.4 is 0 Å². The molecule has 7 nitrogen and oxygen atoms in total. The van der Waals surface area contributed by atoms with Gasteiger partial charge in [0.25, 0.3) is 5.69 Å². The zero-order chi connectivity index (χ0) is 12.1. The van der Waals surface area contributed by atoms with Crippen molar-refractivity contribution in [2.75, 3.05) is 26.7 Å². The molecule has 0 saturated carbocycles. The highest BCUT2D eigenvalue weighted by atomic mass is 16.6. The number of hydrogen-bond acceptors (Lipinski definition) is 5. The molecule has 0 saturated heterocycles. The molecule has 1 aromatic rings. The normalized spacial score (nSPS) is 10.7. The fraction of sp³-hybridized carbons (Fsp3) is 0.444. The van der Waals surface area contributed by atoms with Gasteiger partial charge in [-0.05, 0) is 7.05 Å². The van der Waals surface area contributed by atoms with Gasteiger partial charge in [0, 0.05) is 12.6 Å². The number of aromatic amines is 1. The summed E-state index contributed by atoms with van der Waals surface area (Å²) in [5.41, 5.74) is 0.0738. The van der Waals surface area contributed by atoms with E-state index in [-0.39, 0.29) is 30.3 Å². The molecule has 0 amide bonds. The molecule has 0 aromatic carbocycles. The first kappa shape index (κ1) is 12.3. The van der Waals surface area contributed by atoms with Crippen LogP contribution in [0.25, 0.3) is 0 Å². The molecule has 1 aromatic heterocycles. The van der Waals surface area contributed by atoms with Crippen LogP contribution in [0.2, 0.25) is 0 Å². The van der Waals surface area contributed by atoms with Gasteiger partial charge in [0.05, 0.1) is 30.0 Å². The largest absolute Gasteiger partial charge is 0.395 e. The summed E-state index contributed by atoms with van der Waals surface area (Å²) < 4.78 is 0. The Labute approximate surface area is 91.8 Å². The van der Waals surface area contributed by atoms with Crippen LogP contribution in [0.3, 0.4) is 0 Å². The van der Waals surface area contributed by atoms with E-state index >= 15 is 0 Å². The Morgan fingerprint density at radius 3 is 2.88 bits per heavy atom. The van der Waals surface area contributed by atoms with Crippen LogP contribution in [0, 0.1) is 10.1 Å². The first-order valence-corrected chi connectivity index (χ1v) is 4.70. The second kappa shape index (κ2) is 5.38. The number of Topliss-reactive ketones (excluding diaryl/α,β-unsaturated/α-hetero) is 1. The number of aliphatic hydroxyl groups is 1. The molecule has 1 heterocycles. The molecule has 1 rings (SSSR count). The van der Waals surface area contributed by atoms with Gasteiger partial charge in [-0.2, -0.15) is 0 Å². The number of nitrogens with zero attached hydrogens (tertiary/aromatic N) is 2. The molecule has 0 aliphatic heterocycles. The zero-order valence-electron chi connectivity index (χ0n) is 8.84. The lowest BCUT2D eigenvalue weighted by Crippen LogP contribution is -2.28. The number of carbonyl (C=O) groups excluding carboxylic acids is 1. The van der Waals surface area contributed by atoms with Crippen LogP contribution in [0.1, 0.15) is 10.5 Å². The average molecular weight is 227 g/mol. The van der Waals surface area contributed by atoms with Gasteiger partial charge in [-0.15, -0.1) is 0 Å². The number of ketones is 1. The fourth-order valence-electron chi connectivity index (χ4n) is 1.23. The monoisotopic (exact) mass is 227 g/mol. The number of aromatic nitrogens is 1. The van der Waals surface area contributed by atoms with E-state index in [4.69, 9.17) is 5.11 Å². The summed E-state index contributed by atoms with van der Waals surface area (Å²) in [6.45, 7) is 0.460. The number of rotatable bonds is 6.